The zero-order valence-electron chi connectivity index (χ0n) is 14.3. The lowest BCUT2D eigenvalue weighted by Crippen LogP contribution is -2.39. The Hall–Kier alpha value is -0.610. The van der Waals surface area contributed by atoms with Crippen LogP contribution in [0.5, 0.6) is 0 Å². The topological polar surface area (TPSA) is 35.6 Å². The van der Waals surface area contributed by atoms with Gasteiger partial charge in [0.25, 0.3) is 0 Å². The van der Waals surface area contributed by atoms with E-state index in [0.717, 1.165) is 25.3 Å². The molecule has 122 valence electrons. The van der Waals surface area contributed by atoms with Crippen molar-refractivity contribution in [1.29, 1.82) is 0 Å². The predicted octanol–water partition coefficient (Wildman–Crippen LogP) is 2.30. The van der Waals surface area contributed by atoms with E-state index in [1.54, 1.807) is 0 Å². The number of hydrogen-bond donors (Lipinski definition) is 1. The van der Waals surface area contributed by atoms with Crippen LogP contribution in [-0.4, -0.2) is 54.6 Å². The van der Waals surface area contributed by atoms with Crippen molar-refractivity contribution in [2.75, 3.05) is 26.7 Å². The molecular formula is C17H33N3O. The summed E-state index contributed by atoms with van der Waals surface area (Å²) in [6, 6.07) is 0.0486. The third-order valence-electron chi connectivity index (χ3n) is 5.06. The number of carbonyl (C=O) groups is 1. The summed E-state index contributed by atoms with van der Waals surface area (Å²) >= 11 is 0. The Balaban J connectivity index is 1.84. The maximum Gasteiger partial charge on any atom is 0.241 e. The Kier molecular flexibility index (Phi) is 6.06. The molecule has 4 nitrogen and oxygen atoms in total. The second-order valence-electron chi connectivity index (χ2n) is 7.34. The number of piperidine rings is 1. The summed E-state index contributed by atoms with van der Waals surface area (Å²) in [4.78, 5) is 17.1. The number of rotatable bonds is 6. The lowest BCUT2D eigenvalue weighted by molar-refractivity contribution is -0.130. The second kappa shape index (κ2) is 7.59. The van der Waals surface area contributed by atoms with Crippen LogP contribution in [0, 0.1) is 11.8 Å². The summed E-state index contributed by atoms with van der Waals surface area (Å²) in [5, 5.41) is 3.53. The van der Waals surface area contributed by atoms with Crippen LogP contribution in [-0.2, 0) is 4.79 Å². The highest BCUT2D eigenvalue weighted by Gasteiger charge is 2.37. The van der Waals surface area contributed by atoms with Crippen molar-refractivity contribution >= 4 is 5.91 Å². The van der Waals surface area contributed by atoms with Gasteiger partial charge in [-0.2, -0.15) is 0 Å². The lowest BCUT2D eigenvalue weighted by Gasteiger charge is -2.31. The van der Waals surface area contributed by atoms with Crippen LogP contribution in [0.1, 0.15) is 52.9 Å². The van der Waals surface area contributed by atoms with Crippen LogP contribution in [0.2, 0.25) is 0 Å². The number of likely N-dealkylation sites (tertiary alicyclic amines) is 1. The van der Waals surface area contributed by atoms with Gasteiger partial charge in [0, 0.05) is 6.54 Å². The van der Waals surface area contributed by atoms with Crippen LogP contribution in [0.4, 0.5) is 0 Å². The monoisotopic (exact) mass is 295 g/mol. The van der Waals surface area contributed by atoms with Gasteiger partial charge in [-0.3, -0.25) is 10.1 Å². The minimum absolute atomic E-state index is 0.0486. The van der Waals surface area contributed by atoms with Crippen LogP contribution >= 0.6 is 0 Å². The van der Waals surface area contributed by atoms with E-state index in [2.05, 4.69) is 42.9 Å². The third kappa shape index (κ3) is 4.43. The van der Waals surface area contributed by atoms with Gasteiger partial charge in [-0.1, -0.05) is 20.8 Å². The molecule has 0 aromatic rings. The van der Waals surface area contributed by atoms with Gasteiger partial charge in [-0.05, 0) is 64.1 Å². The van der Waals surface area contributed by atoms with E-state index < -0.39 is 0 Å². The smallest absolute Gasteiger partial charge is 0.241 e. The molecule has 0 aromatic heterocycles. The molecule has 2 atom stereocenters. The van der Waals surface area contributed by atoms with Gasteiger partial charge in [-0.15, -0.1) is 0 Å². The van der Waals surface area contributed by atoms with Gasteiger partial charge in [-0.25, -0.2) is 0 Å². The van der Waals surface area contributed by atoms with Crippen molar-refractivity contribution in [1.82, 2.24) is 15.1 Å². The van der Waals surface area contributed by atoms with Crippen LogP contribution in [0.3, 0.4) is 0 Å². The maximum atomic E-state index is 12.6. The van der Waals surface area contributed by atoms with E-state index in [9.17, 15) is 4.79 Å². The fourth-order valence-corrected chi connectivity index (χ4v) is 3.66. The highest BCUT2D eigenvalue weighted by molar-refractivity contribution is 5.84. The molecule has 2 rings (SSSR count). The molecule has 1 N–H and O–H groups in total. The van der Waals surface area contributed by atoms with E-state index in [1.165, 1.54) is 32.4 Å². The molecule has 1 amide bonds. The molecule has 2 heterocycles. The summed E-state index contributed by atoms with van der Waals surface area (Å²) in [6.45, 7) is 9.92. The van der Waals surface area contributed by atoms with Crippen molar-refractivity contribution in [2.45, 2.75) is 65.1 Å². The molecule has 0 aliphatic carbocycles. The lowest BCUT2D eigenvalue weighted by atomic mass is 9.93. The molecule has 2 aliphatic heterocycles. The average molecular weight is 295 g/mol. The molecule has 2 saturated heterocycles. The zero-order valence-corrected chi connectivity index (χ0v) is 14.3. The zero-order chi connectivity index (χ0) is 15.4. The summed E-state index contributed by atoms with van der Waals surface area (Å²) in [5.74, 6) is 1.71. The summed E-state index contributed by atoms with van der Waals surface area (Å²) in [6.07, 6.45) is 5.98. The van der Waals surface area contributed by atoms with Crippen molar-refractivity contribution < 1.29 is 4.79 Å². The number of amides is 1. The van der Waals surface area contributed by atoms with Crippen LogP contribution < -0.4 is 5.32 Å². The van der Waals surface area contributed by atoms with E-state index in [1.807, 2.05) is 0 Å². The SMILES string of the molecule is CCC1NC(CC(C)C)C(=O)N1CCC1CCN(C)CC1. The summed E-state index contributed by atoms with van der Waals surface area (Å²) < 4.78 is 0. The molecule has 4 heteroatoms. The van der Waals surface area contributed by atoms with Gasteiger partial charge in [0.05, 0.1) is 12.2 Å². The predicted molar refractivity (Wildman–Crippen MR) is 87.0 cm³/mol. The van der Waals surface area contributed by atoms with Crippen molar-refractivity contribution in [3.05, 3.63) is 0 Å². The average Bonchev–Trinajstić information content (AvgIpc) is 2.74. The minimum Gasteiger partial charge on any atom is -0.326 e. The largest absolute Gasteiger partial charge is 0.326 e. The Bertz CT molecular complexity index is 337. The van der Waals surface area contributed by atoms with E-state index in [-0.39, 0.29) is 12.2 Å². The van der Waals surface area contributed by atoms with Crippen molar-refractivity contribution in [2.24, 2.45) is 11.8 Å². The normalized spacial score (nSPS) is 28.8. The van der Waals surface area contributed by atoms with E-state index >= 15 is 0 Å². The first-order valence-corrected chi connectivity index (χ1v) is 8.76. The molecule has 0 radical (unpaired) electrons. The first kappa shape index (κ1) is 16.8. The van der Waals surface area contributed by atoms with Crippen molar-refractivity contribution in [3.8, 4) is 0 Å². The molecule has 21 heavy (non-hydrogen) atoms. The fourth-order valence-electron chi connectivity index (χ4n) is 3.66. The molecule has 0 aromatic carbocycles. The van der Waals surface area contributed by atoms with Gasteiger partial charge >= 0.3 is 0 Å². The summed E-state index contributed by atoms with van der Waals surface area (Å²) in [5.41, 5.74) is 0. The Labute approximate surface area is 130 Å². The van der Waals surface area contributed by atoms with Gasteiger partial charge in [0.1, 0.15) is 0 Å². The Morgan fingerprint density at radius 3 is 2.52 bits per heavy atom. The minimum atomic E-state index is 0.0486. The van der Waals surface area contributed by atoms with E-state index in [0.29, 0.717) is 11.8 Å². The maximum absolute atomic E-state index is 12.6. The Morgan fingerprint density at radius 1 is 1.29 bits per heavy atom. The number of nitrogens with one attached hydrogen (secondary N) is 1. The summed E-state index contributed by atoms with van der Waals surface area (Å²) in [7, 11) is 2.20. The molecule has 2 unspecified atom stereocenters. The third-order valence-corrected chi connectivity index (χ3v) is 5.06. The first-order valence-electron chi connectivity index (χ1n) is 8.76. The first-order chi connectivity index (χ1) is 10.0. The molecule has 2 aliphatic rings. The highest BCUT2D eigenvalue weighted by Crippen LogP contribution is 2.23. The van der Waals surface area contributed by atoms with Gasteiger partial charge < -0.3 is 9.80 Å². The number of carbonyl (C=O) groups excluding carboxylic acids is 1. The number of nitrogens with zero attached hydrogens (tertiary/aromatic N) is 2. The molecule has 2 fully saturated rings. The van der Waals surface area contributed by atoms with Gasteiger partial charge in [0.2, 0.25) is 5.91 Å². The molecule has 0 spiro atoms. The number of hydrogen-bond acceptors (Lipinski definition) is 3. The van der Waals surface area contributed by atoms with E-state index in [4.69, 9.17) is 0 Å². The standard InChI is InChI=1S/C17H33N3O/c1-5-16-18-15(12-13(2)3)17(21)20(16)11-8-14-6-9-19(4)10-7-14/h13-16,18H,5-12H2,1-4H3. The van der Waals surface area contributed by atoms with Gasteiger partial charge in [0.15, 0.2) is 0 Å². The fraction of sp³-hybridized carbons (Fsp3) is 0.941. The van der Waals surface area contributed by atoms with Crippen molar-refractivity contribution in [3.63, 3.8) is 0 Å². The molecule has 0 bridgehead atoms. The second-order valence-corrected chi connectivity index (χ2v) is 7.34. The molecular weight excluding hydrogens is 262 g/mol. The Morgan fingerprint density at radius 2 is 1.95 bits per heavy atom. The molecule has 0 saturated carbocycles. The van der Waals surface area contributed by atoms with Crippen LogP contribution in [0.25, 0.3) is 0 Å². The quantitative estimate of drug-likeness (QED) is 0.817. The van der Waals surface area contributed by atoms with Crippen LogP contribution in [0.15, 0.2) is 0 Å². The highest BCUT2D eigenvalue weighted by atomic mass is 16.2.